The Morgan fingerprint density at radius 1 is 1.18 bits per heavy atom. The van der Waals surface area contributed by atoms with Crippen molar-refractivity contribution in [1.29, 1.82) is 0 Å². The van der Waals surface area contributed by atoms with Crippen LogP contribution in [0.4, 0.5) is 5.95 Å². The number of nitrogens with two attached hydrogens (primary N) is 1. The normalized spacial score (nSPS) is 10.5. The lowest BCUT2D eigenvalue weighted by atomic mass is 10.2. The Bertz CT molecular complexity index is 539. The maximum absolute atomic E-state index is 5.73. The number of aromatic nitrogens is 3. The lowest BCUT2D eigenvalue weighted by molar-refractivity contribution is 0.916. The summed E-state index contributed by atoms with van der Waals surface area (Å²) in [7, 11) is 0. The fraction of sp³-hybridized carbons (Fsp3) is 0.182. The summed E-state index contributed by atoms with van der Waals surface area (Å²) >= 11 is 7.15. The van der Waals surface area contributed by atoms with Crippen LogP contribution < -0.4 is 5.73 Å². The molecule has 2 N–H and O–H groups in total. The second-order valence-electron chi connectivity index (χ2n) is 3.62. The molecule has 4 nitrogen and oxygen atoms in total. The van der Waals surface area contributed by atoms with Crippen LogP contribution in [0, 0.1) is 13.8 Å². The van der Waals surface area contributed by atoms with Crippen LogP contribution in [0.25, 0.3) is 0 Å². The molecule has 0 amide bonds. The van der Waals surface area contributed by atoms with Gasteiger partial charge in [-0.3, -0.25) is 0 Å². The number of benzene rings is 1. The van der Waals surface area contributed by atoms with E-state index in [9.17, 15) is 0 Å². The number of hydrogen-bond donors (Lipinski definition) is 1. The highest BCUT2D eigenvalue weighted by Crippen LogP contribution is 2.28. The molecule has 1 aromatic heterocycles. The number of hydrogen-bond acceptors (Lipinski definition) is 5. The van der Waals surface area contributed by atoms with E-state index in [1.165, 1.54) is 22.9 Å². The summed E-state index contributed by atoms with van der Waals surface area (Å²) in [6.45, 7) is 4.10. The van der Waals surface area contributed by atoms with Gasteiger partial charge in [0.1, 0.15) is 0 Å². The van der Waals surface area contributed by atoms with Crippen molar-refractivity contribution in [3.05, 3.63) is 34.6 Å². The summed E-state index contributed by atoms with van der Waals surface area (Å²) in [6.07, 6.45) is 0. The van der Waals surface area contributed by atoms with Gasteiger partial charge in [-0.15, -0.1) is 0 Å². The first-order valence-corrected chi connectivity index (χ1v) is 6.16. The van der Waals surface area contributed by atoms with Crippen molar-refractivity contribution in [1.82, 2.24) is 15.0 Å². The Morgan fingerprint density at radius 2 is 1.94 bits per heavy atom. The van der Waals surface area contributed by atoms with Gasteiger partial charge in [0.25, 0.3) is 0 Å². The molecule has 1 aromatic carbocycles. The SMILES string of the molecule is Cc1ccc(Sc2nc(N)nc(Cl)n2)c(C)c1. The largest absolute Gasteiger partial charge is 0.368 e. The van der Waals surface area contributed by atoms with E-state index >= 15 is 0 Å². The smallest absolute Gasteiger partial charge is 0.228 e. The second kappa shape index (κ2) is 4.89. The monoisotopic (exact) mass is 266 g/mol. The molecule has 17 heavy (non-hydrogen) atoms. The molecule has 6 heteroatoms. The van der Waals surface area contributed by atoms with E-state index < -0.39 is 0 Å². The highest BCUT2D eigenvalue weighted by Gasteiger charge is 2.06. The summed E-state index contributed by atoms with van der Waals surface area (Å²) < 4.78 is 0. The van der Waals surface area contributed by atoms with Crippen LogP contribution in [-0.2, 0) is 0 Å². The standard InChI is InChI=1S/C11H11ClN4S/c1-6-3-4-8(7(2)5-6)17-11-15-9(12)14-10(13)16-11/h3-5H,1-2H3,(H2,13,14,15,16). The highest BCUT2D eigenvalue weighted by molar-refractivity contribution is 7.99. The minimum atomic E-state index is 0.116. The van der Waals surface area contributed by atoms with Crippen molar-refractivity contribution in [2.24, 2.45) is 0 Å². The summed E-state index contributed by atoms with van der Waals surface area (Å²) in [4.78, 5) is 12.8. The molecular formula is C11H11ClN4S. The predicted molar refractivity (Wildman–Crippen MR) is 69.3 cm³/mol. The molecule has 0 aliphatic heterocycles. The van der Waals surface area contributed by atoms with Gasteiger partial charge in [-0.1, -0.05) is 17.7 Å². The number of nitrogens with zero attached hydrogens (tertiary/aromatic N) is 3. The van der Waals surface area contributed by atoms with E-state index in [2.05, 4.69) is 27.9 Å². The molecule has 0 fully saturated rings. The molecule has 2 aromatic rings. The first-order valence-electron chi connectivity index (χ1n) is 4.97. The van der Waals surface area contributed by atoms with E-state index in [4.69, 9.17) is 17.3 Å². The minimum absolute atomic E-state index is 0.116. The maximum Gasteiger partial charge on any atom is 0.228 e. The zero-order valence-corrected chi connectivity index (χ0v) is 11.0. The number of halogens is 1. The summed E-state index contributed by atoms with van der Waals surface area (Å²) in [6, 6.07) is 6.18. The quantitative estimate of drug-likeness (QED) is 0.905. The van der Waals surface area contributed by atoms with Crippen LogP contribution in [0.5, 0.6) is 0 Å². The van der Waals surface area contributed by atoms with E-state index in [0.29, 0.717) is 5.16 Å². The van der Waals surface area contributed by atoms with Gasteiger partial charge in [-0.25, -0.2) is 0 Å². The van der Waals surface area contributed by atoms with Crippen LogP contribution in [-0.4, -0.2) is 15.0 Å². The van der Waals surface area contributed by atoms with E-state index in [1.807, 2.05) is 19.1 Å². The van der Waals surface area contributed by atoms with E-state index in [0.717, 1.165) is 4.90 Å². The fourth-order valence-corrected chi connectivity index (χ4v) is 2.45. The Labute approximate surface area is 109 Å². The second-order valence-corrected chi connectivity index (χ2v) is 4.96. The molecule has 0 aliphatic carbocycles. The predicted octanol–water partition coefficient (Wildman–Crippen LogP) is 2.88. The first-order chi connectivity index (χ1) is 8.04. The Kier molecular flexibility index (Phi) is 3.49. The van der Waals surface area contributed by atoms with E-state index in [1.54, 1.807) is 0 Å². The van der Waals surface area contributed by atoms with Crippen molar-refractivity contribution in [2.45, 2.75) is 23.9 Å². The number of anilines is 1. The highest BCUT2D eigenvalue weighted by atomic mass is 35.5. The van der Waals surface area contributed by atoms with E-state index in [-0.39, 0.29) is 11.2 Å². The zero-order valence-electron chi connectivity index (χ0n) is 9.44. The fourth-order valence-electron chi connectivity index (χ4n) is 1.40. The molecule has 0 bridgehead atoms. The lowest BCUT2D eigenvalue weighted by Gasteiger charge is -2.05. The number of rotatable bonds is 2. The molecular weight excluding hydrogens is 256 g/mol. The van der Waals surface area contributed by atoms with Gasteiger partial charge in [-0.2, -0.15) is 15.0 Å². The molecule has 1 heterocycles. The van der Waals surface area contributed by atoms with Crippen molar-refractivity contribution in [3.8, 4) is 0 Å². The molecule has 0 spiro atoms. The first kappa shape index (κ1) is 12.1. The number of aryl methyl sites for hydroxylation is 2. The molecule has 0 unspecified atom stereocenters. The lowest BCUT2D eigenvalue weighted by Crippen LogP contribution is -1.99. The van der Waals surface area contributed by atoms with Crippen molar-refractivity contribution in [2.75, 3.05) is 5.73 Å². The Morgan fingerprint density at radius 3 is 2.59 bits per heavy atom. The van der Waals surface area contributed by atoms with Crippen LogP contribution in [0.1, 0.15) is 11.1 Å². The van der Waals surface area contributed by atoms with Crippen molar-refractivity contribution < 1.29 is 0 Å². The van der Waals surface area contributed by atoms with Gasteiger partial charge in [0.2, 0.25) is 11.2 Å². The third-order valence-corrected chi connectivity index (χ3v) is 3.35. The molecule has 88 valence electrons. The molecule has 0 radical (unpaired) electrons. The van der Waals surface area contributed by atoms with Crippen LogP contribution >= 0.6 is 23.4 Å². The Hall–Kier alpha value is -1.33. The van der Waals surface area contributed by atoms with Crippen molar-refractivity contribution >= 4 is 29.3 Å². The van der Waals surface area contributed by atoms with Crippen molar-refractivity contribution in [3.63, 3.8) is 0 Å². The van der Waals surface area contributed by atoms with Gasteiger partial charge in [0, 0.05) is 4.90 Å². The molecule has 0 saturated carbocycles. The Balaban J connectivity index is 2.31. The third kappa shape index (κ3) is 3.08. The molecule has 0 aliphatic rings. The number of nitrogen functional groups attached to an aromatic ring is 1. The minimum Gasteiger partial charge on any atom is -0.368 e. The average molecular weight is 267 g/mol. The molecule has 0 atom stereocenters. The summed E-state index contributed by atoms with van der Waals surface area (Å²) in [5, 5.41) is 0.624. The molecule has 2 rings (SSSR count). The van der Waals surface area contributed by atoms with Gasteiger partial charge in [0.05, 0.1) is 0 Å². The van der Waals surface area contributed by atoms with Crippen LogP contribution in [0.15, 0.2) is 28.3 Å². The maximum atomic E-state index is 5.73. The molecule has 0 saturated heterocycles. The third-order valence-electron chi connectivity index (χ3n) is 2.14. The van der Waals surface area contributed by atoms with Gasteiger partial charge < -0.3 is 5.73 Å². The zero-order chi connectivity index (χ0) is 12.4. The van der Waals surface area contributed by atoms with Gasteiger partial charge in [0.15, 0.2) is 5.16 Å². The van der Waals surface area contributed by atoms with Crippen LogP contribution in [0.3, 0.4) is 0 Å². The van der Waals surface area contributed by atoms with Gasteiger partial charge in [-0.05, 0) is 48.8 Å². The summed E-state index contributed by atoms with van der Waals surface area (Å²) in [5.41, 5.74) is 7.91. The summed E-state index contributed by atoms with van der Waals surface area (Å²) in [5.74, 6) is 0.136. The van der Waals surface area contributed by atoms with Gasteiger partial charge >= 0.3 is 0 Å². The average Bonchev–Trinajstić information content (AvgIpc) is 2.21. The van der Waals surface area contributed by atoms with Crippen LogP contribution in [0.2, 0.25) is 5.28 Å². The topological polar surface area (TPSA) is 64.7 Å².